The van der Waals surface area contributed by atoms with Crippen LogP contribution >= 0.6 is 0 Å². The Hall–Kier alpha value is 0. The molecule has 156 valence electrons. The zero-order valence-corrected chi connectivity index (χ0v) is 18.5. The van der Waals surface area contributed by atoms with Gasteiger partial charge in [-0.1, -0.05) is 162 Å². The Morgan fingerprint density at radius 1 is 0.423 bits per heavy atom. The fourth-order valence-electron chi connectivity index (χ4n) is 3.85. The van der Waals surface area contributed by atoms with Gasteiger partial charge in [0.05, 0.1) is 0 Å². The Morgan fingerprint density at radius 3 is 0.885 bits per heavy atom. The van der Waals surface area contributed by atoms with Crippen molar-refractivity contribution in [3.05, 3.63) is 13.8 Å². The normalized spacial score (nSPS) is 11.5. The van der Waals surface area contributed by atoms with E-state index in [-0.39, 0.29) is 0 Å². The molecule has 0 aliphatic rings. The molecule has 0 bridgehead atoms. The highest BCUT2D eigenvalue weighted by Gasteiger charge is 1.96. The predicted molar refractivity (Wildman–Crippen MR) is 121 cm³/mol. The molecule has 0 fully saturated rings. The van der Waals surface area contributed by atoms with E-state index in [9.17, 15) is 0 Å². The van der Waals surface area contributed by atoms with Crippen LogP contribution in [0.2, 0.25) is 0 Å². The van der Waals surface area contributed by atoms with Crippen LogP contribution in [0.15, 0.2) is 0 Å². The third-order valence-electron chi connectivity index (χ3n) is 5.70. The van der Waals surface area contributed by atoms with Crippen LogP contribution in [0.5, 0.6) is 0 Å². The van der Waals surface area contributed by atoms with Crippen molar-refractivity contribution in [2.75, 3.05) is 0 Å². The Morgan fingerprint density at radius 2 is 0.654 bits per heavy atom. The van der Waals surface area contributed by atoms with Gasteiger partial charge in [0.2, 0.25) is 0 Å². The average Bonchev–Trinajstić information content (AvgIpc) is 2.62. The highest BCUT2D eigenvalue weighted by atomic mass is 14.0. The molecule has 0 aromatic carbocycles. The van der Waals surface area contributed by atoms with Crippen LogP contribution in [-0.4, -0.2) is 0 Å². The Balaban J connectivity index is 2.97. The minimum absolute atomic E-state index is 0.647. The molecular formula is C26H52. The third kappa shape index (κ3) is 24.0. The van der Waals surface area contributed by atoms with E-state index in [1.54, 1.807) is 0 Å². The second-order valence-corrected chi connectivity index (χ2v) is 8.82. The summed E-state index contributed by atoms with van der Waals surface area (Å²) in [7, 11) is 0. The highest BCUT2D eigenvalue weighted by Crippen LogP contribution is 2.15. The van der Waals surface area contributed by atoms with Crippen molar-refractivity contribution in [2.24, 2.45) is 5.92 Å². The van der Waals surface area contributed by atoms with Crippen molar-refractivity contribution in [3.63, 3.8) is 0 Å². The molecule has 0 aliphatic heterocycles. The minimum Gasteiger partial charge on any atom is -0.0625 e. The molecule has 0 saturated carbocycles. The summed E-state index contributed by atoms with van der Waals surface area (Å²) in [6, 6.07) is 0. The second kappa shape index (κ2) is 23.0. The largest absolute Gasteiger partial charge is 0.0625 e. The summed E-state index contributed by atoms with van der Waals surface area (Å²) in [5, 5.41) is 0. The van der Waals surface area contributed by atoms with Crippen molar-refractivity contribution < 1.29 is 0 Å². The summed E-state index contributed by atoms with van der Waals surface area (Å²) in [5.74, 6) is 0.647. The van der Waals surface area contributed by atoms with E-state index >= 15 is 0 Å². The highest BCUT2D eigenvalue weighted by molar-refractivity contribution is 4.55. The number of hydrogen-bond acceptors (Lipinski definition) is 0. The molecule has 26 heavy (non-hydrogen) atoms. The van der Waals surface area contributed by atoms with E-state index in [4.69, 9.17) is 0 Å². The predicted octanol–water partition coefficient (Wildman–Crippen LogP) is 9.87. The van der Waals surface area contributed by atoms with E-state index in [0.717, 1.165) is 6.42 Å². The van der Waals surface area contributed by atoms with Gasteiger partial charge in [0.1, 0.15) is 0 Å². The first kappa shape index (κ1) is 26.0. The lowest BCUT2D eigenvalue weighted by Gasteiger charge is -2.05. The van der Waals surface area contributed by atoms with Crippen LogP contribution in [0.25, 0.3) is 0 Å². The molecular weight excluding hydrogens is 312 g/mol. The Labute approximate surface area is 168 Å². The molecule has 0 N–H and O–H groups in total. The van der Waals surface area contributed by atoms with Crippen molar-refractivity contribution in [3.8, 4) is 0 Å². The van der Waals surface area contributed by atoms with Gasteiger partial charge >= 0.3 is 0 Å². The van der Waals surface area contributed by atoms with Crippen molar-refractivity contribution in [1.82, 2.24) is 0 Å². The molecule has 0 aliphatic carbocycles. The molecule has 2 radical (unpaired) electrons. The van der Waals surface area contributed by atoms with Crippen LogP contribution in [0.4, 0.5) is 0 Å². The standard InChI is InChI=1S/C26H52/c1-4-5-6-7-8-9-10-11-12-13-14-15-16-17-18-19-20-21-22-23-24-25-26(2)3/h26H,1-2,4-25H2,3H3. The van der Waals surface area contributed by atoms with Gasteiger partial charge in [-0.05, 0) is 5.92 Å². The lowest BCUT2D eigenvalue weighted by molar-refractivity contribution is 0.512. The maximum absolute atomic E-state index is 4.06. The van der Waals surface area contributed by atoms with Crippen LogP contribution in [0, 0.1) is 19.8 Å². The summed E-state index contributed by atoms with van der Waals surface area (Å²) in [6.07, 6.45) is 31.5. The molecule has 0 saturated heterocycles. The summed E-state index contributed by atoms with van der Waals surface area (Å²) in [6.45, 7) is 10.2. The maximum atomic E-state index is 4.06. The van der Waals surface area contributed by atoms with Gasteiger partial charge in [-0.2, -0.15) is 0 Å². The van der Waals surface area contributed by atoms with Crippen LogP contribution in [-0.2, 0) is 0 Å². The van der Waals surface area contributed by atoms with Gasteiger partial charge in [-0.3, -0.25) is 0 Å². The number of rotatable bonds is 22. The quantitative estimate of drug-likeness (QED) is 0.168. The molecule has 1 unspecified atom stereocenters. The Kier molecular flexibility index (Phi) is 23.0. The zero-order valence-electron chi connectivity index (χ0n) is 18.5. The topological polar surface area (TPSA) is 0 Å². The lowest BCUT2D eigenvalue weighted by Crippen LogP contribution is -1.87. The van der Waals surface area contributed by atoms with Gasteiger partial charge in [-0.25, -0.2) is 0 Å². The first-order chi connectivity index (χ1) is 12.8. The SMILES string of the molecule is [CH2]CCCCCCCCCCCCCCCCCCCCCCC([CH2])C. The van der Waals surface area contributed by atoms with Gasteiger partial charge in [-0.15, -0.1) is 0 Å². The van der Waals surface area contributed by atoms with E-state index in [1.165, 1.54) is 135 Å². The average molecular weight is 365 g/mol. The Bertz CT molecular complexity index is 230. The van der Waals surface area contributed by atoms with Crippen molar-refractivity contribution in [2.45, 2.75) is 148 Å². The first-order valence-electron chi connectivity index (χ1n) is 12.4. The fraction of sp³-hybridized carbons (Fsp3) is 0.923. The summed E-state index contributed by atoms with van der Waals surface area (Å²) in [4.78, 5) is 0. The molecule has 1 atom stereocenters. The van der Waals surface area contributed by atoms with E-state index in [1.807, 2.05) is 0 Å². The number of unbranched alkanes of at least 4 members (excludes halogenated alkanes) is 20. The van der Waals surface area contributed by atoms with Crippen molar-refractivity contribution >= 4 is 0 Å². The lowest BCUT2D eigenvalue weighted by atomic mass is 10.0. The number of hydrogen-bond donors (Lipinski definition) is 0. The fourth-order valence-corrected chi connectivity index (χ4v) is 3.85. The van der Waals surface area contributed by atoms with Crippen molar-refractivity contribution in [1.29, 1.82) is 0 Å². The summed E-state index contributed by atoms with van der Waals surface area (Å²) < 4.78 is 0. The van der Waals surface area contributed by atoms with E-state index in [2.05, 4.69) is 20.8 Å². The molecule has 0 amide bonds. The third-order valence-corrected chi connectivity index (χ3v) is 5.70. The van der Waals surface area contributed by atoms with E-state index < -0.39 is 0 Å². The molecule has 0 nitrogen and oxygen atoms in total. The molecule has 0 aromatic heterocycles. The second-order valence-electron chi connectivity index (χ2n) is 8.82. The zero-order chi connectivity index (χ0) is 19.1. The van der Waals surface area contributed by atoms with E-state index in [0.29, 0.717) is 5.92 Å². The van der Waals surface area contributed by atoms with Crippen LogP contribution in [0.1, 0.15) is 148 Å². The minimum atomic E-state index is 0.647. The first-order valence-corrected chi connectivity index (χ1v) is 12.4. The monoisotopic (exact) mass is 364 g/mol. The molecule has 0 heteroatoms. The smallest absolute Gasteiger partial charge is 0.0443 e. The van der Waals surface area contributed by atoms with Gasteiger partial charge < -0.3 is 0 Å². The van der Waals surface area contributed by atoms with Gasteiger partial charge in [0, 0.05) is 0 Å². The molecule has 0 aromatic rings. The maximum Gasteiger partial charge on any atom is -0.0443 e. The van der Waals surface area contributed by atoms with Crippen LogP contribution in [0.3, 0.4) is 0 Å². The van der Waals surface area contributed by atoms with Gasteiger partial charge in [0.15, 0.2) is 0 Å². The molecule has 0 heterocycles. The summed E-state index contributed by atoms with van der Waals surface area (Å²) in [5.41, 5.74) is 0. The summed E-state index contributed by atoms with van der Waals surface area (Å²) >= 11 is 0. The van der Waals surface area contributed by atoms with Crippen LogP contribution < -0.4 is 0 Å². The van der Waals surface area contributed by atoms with Gasteiger partial charge in [0.25, 0.3) is 0 Å². The molecule has 0 spiro atoms. The molecule has 0 rings (SSSR count).